The number of benzene rings is 2. The van der Waals surface area contributed by atoms with E-state index in [1.807, 2.05) is 0 Å². The fourth-order valence-electron chi connectivity index (χ4n) is 8.96. The molecule has 0 radical (unpaired) electrons. The minimum Gasteiger partial charge on any atom is -0.251 e. The van der Waals surface area contributed by atoms with Crippen molar-refractivity contribution in [2.24, 2.45) is 0 Å². The van der Waals surface area contributed by atoms with Crippen LogP contribution in [0.25, 0.3) is 33.4 Å². The zero-order valence-electron chi connectivity index (χ0n) is 25.7. The number of aromatic nitrogens is 4. The molecule has 2 aliphatic heterocycles. The summed E-state index contributed by atoms with van der Waals surface area (Å²) in [5.74, 6) is -0.128. The standard InChI is InChI=1S/C37H39FN4/c1-8-36(9-2)37(22-42-28(21-29(39-42)34(3,4)5)27-15-10-11-19-40(27)37)25-16-17-26(38)32-31(25)33-30-23(18-20-41(33)36)13-12-14-24(30)35(32,6)7/h10-21H,8-9,22H2,1-7H3/q+2. The number of halogens is 1. The van der Waals surface area contributed by atoms with Crippen molar-refractivity contribution >= 4 is 10.8 Å². The number of nitrogens with zero attached hydrogens (tertiary/aromatic N) is 4. The molecule has 42 heavy (non-hydrogen) atoms. The van der Waals surface area contributed by atoms with Crippen LogP contribution in [0, 0.1) is 5.82 Å². The van der Waals surface area contributed by atoms with Crippen LogP contribution in [0.5, 0.6) is 0 Å². The predicted molar refractivity (Wildman–Crippen MR) is 164 cm³/mol. The van der Waals surface area contributed by atoms with Crippen molar-refractivity contribution in [3.63, 3.8) is 0 Å². The Bertz CT molecular complexity index is 1970. The maximum Gasteiger partial charge on any atom is 0.277 e. The summed E-state index contributed by atoms with van der Waals surface area (Å²) in [7, 11) is 0. The maximum absolute atomic E-state index is 16.3. The van der Waals surface area contributed by atoms with Gasteiger partial charge in [-0.3, -0.25) is 4.68 Å². The molecule has 5 heteroatoms. The second-order valence-corrected chi connectivity index (χ2v) is 14.2. The molecule has 0 amide bonds. The summed E-state index contributed by atoms with van der Waals surface area (Å²) in [5, 5.41) is 7.76. The van der Waals surface area contributed by atoms with Crippen LogP contribution in [0.15, 0.2) is 73.1 Å². The molecule has 3 aliphatic rings. The Hall–Kier alpha value is -3.86. The first-order chi connectivity index (χ1) is 20.0. The largest absolute Gasteiger partial charge is 0.277 e. The third-order valence-electron chi connectivity index (χ3n) is 11.0. The van der Waals surface area contributed by atoms with Crippen molar-refractivity contribution in [3.05, 3.63) is 101 Å². The van der Waals surface area contributed by atoms with Gasteiger partial charge < -0.3 is 0 Å². The van der Waals surface area contributed by atoms with Crippen LogP contribution in [0.4, 0.5) is 4.39 Å². The van der Waals surface area contributed by atoms with E-state index >= 15 is 4.39 Å². The summed E-state index contributed by atoms with van der Waals surface area (Å²) in [6.07, 6.45) is 6.36. The van der Waals surface area contributed by atoms with E-state index in [2.05, 4.69) is 129 Å². The van der Waals surface area contributed by atoms with Gasteiger partial charge in [-0.2, -0.15) is 14.2 Å². The second-order valence-electron chi connectivity index (χ2n) is 14.2. The molecule has 8 rings (SSSR count). The lowest BCUT2D eigenvalue weighted by molar-refractivity contribution is -0.869. The van der Waals surface area contributed by atoms with Crippen molar-refractivity contribution in [1.82, 2.24) is 9.78 Å². The molecular weight excluding hydrogens is 519 g/mol. The van der Waals surface area contributed by atoms with Crippen LogP contribution in [0.2, 0.25) is 0 Å². The second kappa shape index (κ2) is 7.94. The molecule has 2 aromatic carbocycles. The monoisotopic (exact) mass is 558 g/mol. The van der Waals surface area contributed by atoms with Crippen LogP contribution in [-0.2, 0) is 28.5 Å². The van der Waals surface area contributed by atoms with Crippen LogP contribution in [0.1, 0.15) is 83.7 Å². The Morgan fingerprint density at radius 2 is 1.69 bits per heavy atom. The Balaban J connectivity index is 1.60. The molecule has 0 bridgehead atoms. The van der Waals surface area contributed by atoms with Crippen LogP contribution < -0.4 is 9.13 Å². The van der Waals surface area contributed by atoms with Crippen molar-refractivity contribution in [2.45, 2.75) is 89.8 Å². The van der Waals surface area contributed by atoms with Crippen molar-refractivity contribution in [1.29, 1.82) is 0 Å². The van der Waals surface area contributed by atoms with E-state index in [0.717, 1.165) is 41.1 Å². The maximum atomic E-state index is 16.3. The van der Waals surface area contributed by atoms with Gasteiger partial charge in [-0.1, -0.05) is 66.7 Å². The molecule has 0 N–H and O–H groups in total. The Morgan fingerprint density at radius 1 is 0.905 bits per heavy atom. The summed E-state index contributed by atoms with van der Waals surface area (Å²) in [5.41, 5.74) is 7.38. The highest BCUT2D eigenvalue weighted by atomic mass is 19.1. The highest BCUT2D eigenvalue weighted by Gasteiger charge is 2.72. The summed E-state index contributed by atoms with van der Waals surface area (Å²) < 4.78 is 23.6. The molecule has 5 aromatic rings. The van der Waals surface area contributed by atoms with Gasteiger partial charge >= 0.3 is 0 Å². The van der Waals surface area contributed by atoms with Crippen molar-refractivity contribution in [3.8, 4) is 22.6 Å². The smallest absolute Gasteiger partial charge is 0.251 e. The summed E-state index contributed by atoms with van der Waals surface area (Å²) in [4.78, 5) is 0. The molecule has 4 nitrogen and oxygen atoms in total. The fourth-order valence-corrected chi connectivity index (χ4v) is 8.96. The van der Waals surface area contributed by atoms with E-state index in [-0.39, 0.29) is 16.8 Å². The summed E-state index contributed by atoms with van der Waals surface area (Å²) in [6, 6.07) is 21.4. The normalized spacial score (nSPS) is 20.5. The predicted octanol–water partition coefficient (Wildman–Crippen LogP) is 7.31. The van der Waals surface area contributed by atoms with E-state index in [0.29, 0.717) is 6.54 Å². The minimum atomic E-state index is -0.535. The van der Waals surface area contributed by atoms with Crippen LogP contribution in [0.3, 0.4) is 0 Å². The fraction of sp³-hybridized carbons (Fsp3) is 0.378. The van der Waals surface area contributed by atoms with Gasteiger partial charge in [0.05, 0.1) is 16.6 Å². The van der Waals surface area contributed by atoms with Gasteiger partial charge in [0.15, 0.2) is 12.4 Å². The van der Waals surface area contributed by atoms with E-state index in [1.165, 1.54) is 27.6 Å². The number of fused-ring (bicyclic) bond motifs is 5. The Morgan fingerprint density at radius 3 is 2.43 bits per heavy atom. The number of hydrogen-bond acceptors (Lipinski definition) is 1. The summed E-state index contributed by atoms with van der Waals surface area (Å²) in [6.45, 7) is 16.4. The van der Waals surface area contributed by atoms with Crippen molar-refractivity contribution in [2.75, 3.05) is 0 Å². The van der Waals surface area contributed by atoms with Gasteiger partial charge in [0.1, 0.15) is 18.1 Å². The average molecular weight is 559 g/mol. The minimum absolute atomic E-state index is 0.0774. The first kappa shape index (κ1) is 25.8. The van der Waals surface area contributed by atoms with E-state index in [1.54, 1.807) is 6.07 Å². The molecule has 212 valence electrons. The Labute approximate surface area is 247 Å². The van der Waals surface area contributed by atoms with Crippen molar-refractivity contribution < 1.29 is 13.5 Å². The van der Waals surface area contributed by atoms with Crippen LogP contribution >= 0.6 is 0 Å². The van der Waals surface area contributed by atoms with E-state index in [4.69, 9.17) is 5.10 Å². The molecule has 1 atom stereocenters. The lowest BCUT2D eigenvalue weighted by Gasteiger charge is -2.49. The molecule has 0 saturated carbocycles. The van der Waals surface area contributed by atoms with E-state index in [9.17, 15) is 0 Å². The third-order valence-corrected chi connectivity index (χ3v) is 11.0. The molecule has 1 spiro atoms. The van der Waals surface area contributed by atoms with E-state index < -0.39 is 11.0 Å². The van der Waals surface area contributed by atoms with Gasteiger partial charge in [-0.15, -0.1) is 0 Å². The van der Waals surface area contributed by atoms with Gasteiger partial charge in [0.2, 0.25) is 16.9 Å². The van der Waals surface area contributed by atoms with Gasteiger partial charge in [-0.25, -0.2) is 4.39 Å². The molecule has 5 heterocycles. The molecule has 1 unspecified atom stereocenters. The number of pyridine rings is 2. The number of hydrogen-bond donors (Lipinski definition) is 0. The first-order valence-electron chi connectivity index (χ1n) is 15.4. The first-order valence-corrected chi connectivity index (χ1v) is 15.4. The molecule has 1 aliphatic carbocycles. The van der Waals surface area contributed by atoms with Gasteiger partial charge in [0, 0.05) is 53.0 Å². The molecule has 0 fully saturated rings. The van der Waals surface area contributed by atoms with Crippen LogP contribution in [-0.4, -0.2) is 9.78 Å². The SMILES string of the molecule is CCC1(CC)[n+]2ccc3cccc4c3c2-c2c(ccc(F)c2C4(C)C)C12Cn1nc(C(C)(C)C)cc1-c1cccc[n+]12. The van der Waals surface area contributed by atoms with Gasteiger partial charge in [0.25, 0.3) is 5.54 Å². The third kappa shape index (κ3) is 2.76. The highest BCUT2D eigenvalue weighted by Crippen LogP contribution is 2.58. The Kier molecular flexibility index (Phi) is 4.88. The molecule has 0 saturated heterocycles. The highest BCUT2D eigenvalue weighted by molar-refractivity contribution is 6.01. The lowest BCUT2D eigenvalue weighted by Crippen LogP contribution is -2.81. The molecule has 3 aromatic heterocycles. The zero-order valence-corrected chi connectivity index (χ0v) is 25.7. The zero-order chi connectivity index (χ0) is 29.4. The number of rotatable bonds is 2. The summed E-state index contributed by atoms with van der Waals surface area (Å²) >= 11 is 0. The quantitative estimate of drug-likeness (QED) is 0.209. The lowest BCUT2D eigenvalue weighted by atomic mass is 9.59. The topological polar surface area (TPSA) is 25.6 Å². The molecular formula is C37H39FN4+2. The van der Waals surface area contributed by atoms with Gasteiger partial charge in [-0.05, 0) is 35.2 Å². The average Bonchev–Trinajstić information content (AvgIpc) is 3.41.